The van der Waals surface area contributed by atoms with Crippen molar-refractivity contribution in [3.05, 3.63) is 59.2 Å². The maximum Gasteiger partial charge on any atom is 0.416 e. The lowest BCUT2D eigenvalue weighted by atomic mass is 9.96. The van der Waals surface area contributed by atoms with Gasteiger partial charge in [0.15, 0.2) is 0 Å². The zero-order valence-electron chi connectivity index (χ0n) is 14.9. The molecule has 0 aliphatic rings. The number of carbonyl (C=O) groups is 1. The Kier molecular flexibility index (Phi) is 5.60. The smallest absolute Gasteiger partial charge is 0.416 e. The second-order valence-corrected chi connectivity index (χ2v) is 6.46. The highest BCUT2D eigenvalue weighted by molar-refractivity contribution is 9.08. The second kappa shape index (κ2) is 7.79. The Morgan fingerprint density at radius 2 is 1.89 bits per heavy atom. The van der Waals surface area contributed by atoms with E-state index in [1.165, 1.54) is 26.4 Å². The summed E-state index contributed by atoms with van der Waals surface area (Å²) in [5.74, 6) is -0.0878. The predicted octanol–water partition coefficient (Wildman–Crippen LogP) is 5.61. The van der Waals surface area contributed by atoms with Gasteiger partial charge < -0.3 is 9.47 Å². The van der Waals surface area contributed by atoms with Crippen molar-refractivity contribution in [2.75, 3.05) is 14.2 Å². The van der Waals surface area contributed by atoms with Crippen LogP contribution in [0.5, 0.6) is 5.75 Å². The van der Waals surface area contributed by atoms with Crippen LogP contribution in [0.3, 0.4) is 0 Å². The standard InChI is InChI=1S/C20H15BrF3NO3/c1-27-13-6-7-16-14(9-13)17(19(26)28-2)15(10-21)18(25-16)11-4-3-5-12(8-11)20(22,23)24/h3-9H,10H2,1-2H3. The maximum atomic E-state index is 13.1. The Labute approximate surface area is 167 Å². The number of ether oxygens (including phenoxy) is 2. The molecule has 0 aliphatic carbocycles. The quantitative estimate of drug-likeness (QED) is 0.380. The summed E-state index contributed by atoms with van der Waals surface area (Å²) in [5, 5.41) is 0.694. The van der Waals surface area contributed by atoms with Gasteiger partial charge in [0.2, 0.25) is 0 Å². The fourth-order valence-corrected chi connectivity index (χ4v) is 3.50. The minimum Gasteiger partial charge on any atom is -0.497 e. The van der Waals surface area contributed by atoms with Gasteiger partial charge in [-0.1, -0.05) is 28.1 Å². The van der Waals surface area contributed by atoms with Crippen molar-refractivity contribution in [2.45, 2.75) is 11.5 Å². The number of hydrogen-bond donors (Lipinski definition) is 0. The normalized spacial score (nSPS) is 11.5. The summed E-state index contributed by atoms with van der Waals surface area (Å²) < 4.78 is 49.6. The van der Waals surface area contributed by atoms with Gasteiger partial charge in [-0.25, -0.2) is 9.78 Å². The summed E-state index contributed by atoms with van der Waals surface area (Å²) in [4.78, 5) is 17.1. The molecule has 0 saturated heterocycles. The third-order valence-electron chi connectivity index (χ3n) is 4.28. The van der Waals surface area contributed by atoms with Crippen molar-refractivity contribution >= 4 is 32.8 Å². The van der Waals surface area contributed by atoms with Gasteiger partial charge in [0, 0.05) is 21.8 Å². The molecule has 0 unspecified atom stereocenters. The summed E-state index contributed by atoms with van der Waals surface area (Å²) in [6.45, 7) is 0. The Balaban J connectivity index is 2.37. The number of nitrogens with zero attached hydrogens (tertiary/aromatic N) is 1. The first-order chi connectivity index (χ1) is 13.3. The van der Waals surface area contributed by atoms with E-state index in [-0.39, 0.29) is 22.2 Å². The molecule has 3 rings (SSSR count). The Morgan fingerprint density at radius 1 is 1.14 bits per heavy atom. The van der Waals surface area contributed by atoms with E-state index in [1.54, 1.807) is 18.2 Å². The Morgan fingerprint density at radius 3 is 2.50 bits per heavy atom. The zero-order valence-corrected chi connectivity index (χ0v) is 16.5. The van der Waals surface area contributed by atoms with Crippen molar-refractivity contribution in [1.29, 1.82) is 0 Å². The van der Waals surface area contributed by atoms with Crippen LogP contribution in [0.15, 0.2) is 42.5 Å². The van der Waals surface area contributed by atoms with Gasteiger partial charge in [0.25, 0.3) is 0 Å². The molecule has 28 heavy (non-hydrogen) atoms. The monoisotopic (exact) mass is 453 g/mol. The molecule has 0 amide bonds. The summed E-state index contributed by atoms with van der Waals surface area (Å²) in [5.41, 5.74) is 0.857. The largest absolute Gasteiger partial charge is 0.497 e. The van der Waals surface area contributed by atoms with Gasteiger partial charge in [0.1, 0.15) is 5.75 Å². The van der Waals surface area contributed by atoms with Crippen LogP contribution in [0.1, 0.15) is 21.5 Å². The number of methoxy groups -OCH3 is 2. The zero-order chi connectivity index (χ0) is 20.5. The molecule has 146 valence electrons. The average Bonchev–Trinajstić information content (AvgIpc) is 2.70. The van der Waals surface area contributed by atoms with Gasteiger partial charge in [-0.2, -0.15) is 13.2 Å². The van der Waals surface area contributed by atoms with Gasteiger partial charge in [-0.15, -0.1) is 0 Å². The first kappa shape index (κ1) is 20.1. The molecule has 0 fully saturated rings. The van der Waals surface area contributed by atoms with Crippen LogP contribution in [-0.4, -0.2) is 25.2 Å². The summed E-state index contributed by atoms with van der Waals surface area (Å²) in [7, 11) is 2.74. The maximum absolute atomic E-state index is 13.1. The van der Waals surface area contributed by atoms with Crippen LogP contribution in [0.2, 0.25) is 0 Å². The van der Waals surface area contributed by atoms with Crippen LogP contribution in [0.4, 0.5) is 13.2 Å². The van der Waals surface area contributed by atoms with E-state index in [9.17, 15) is 18.0 Å². The molecule has 0 spiro atoms. The van der Waals surface area contributed by atoms with Gasteiger partial charge >= 0.3 is 12.1 Å². The molecule has 0 saturated carbocycles. The number of pyridine rings is 1. The SMILES string of the molecule is COC(=O)c1c(CBr)c(-c2cccc(C(F)(F)F)c2)nc2ccc(OC)cc12. The molecule has 0 aliphatic heterocycles. The molecule has 2 aromatic carbocycles. The lowest BCUT2D eigenvalue weighted by molar-refractivity contribution is -0.137. The minimum atomic E-state index is -4.49. The molecule has 0 atom stereocenters. The van der Waals surface area contributed by atoms with Crippen LogP contribution in [0, 0.1) is 0 Å². The molecule has 8 heteroatoms. The van der Waals surface area contributed by atoms with E-state index in [0.29, 0.717) is 22.2 Å². The molecule has 3 aromatic rings. The van der Waals surface area contributed by atoms with Crippen LogP contribution in [0.25, 0.3) is 22.2 Å². The second-order valence-electron chi connectivity index (χ2n) is 5.90. The lowest BCUT2D eigenvalue weighted by Gasteiger charge is -2.16. The van der Waals surface area contributed by atoms with Crippen molar-refractivity contribution in [1.82, 2.24) is 4.98 Å². The van der Waals surface area contributed by atoms with E-state index >= 15 is 0 Å². The molecule has 0 radical (unpaired) electrons. The van der Waals surface area contributed by atoms with E-state index in [0.717, 1.165) is 12.1 Å². The average molecular weight is 454 g/mol. The number of aromatic nitrogens is 1. The van der Waals surface area contributed by atoms with Gasteiger partial charge in [-0.3, -0.25) is 0 Å². The third kappa shape index (κ3) is 3.69. The van der Waals surface area contributed by atoms with E-state index in [1.807, 2.05) is 0 Å². The van der Waals surface area contributed by atoms with Crippen molar-refractivity contribution in [2.24, 2.45) is 0 Å². The summed E-state index contributed by atoms with van der Waals surface area (Å²) in [6.07, 6.45) is -4.49. The minimum absolute atomic E-state index is 0.198. The number of esters is 1. The topological polar surface area (TPSA) is 48.4 Å². The molecule has 0 N–H and O–H groups in total. The number of hydrogen-bond acceptors (Lipinski definition) is 4. The summed E-state index contributed by atoms with van der Waals surface area (Å²) in [6, 6.07) is 9.82. The van der Waals surface area contributed by atoms with Crippen LogP contribution in [-0.2, 0) is 16.2 Å². The summed E-state index contributed by atoms with van der Waals surface area (Å²) >= 11 is 3.33. The Hall–Kier alpha value is -2.61. The molecule has 0 bridgehead atoms. The number of fused-ring (bicyclic) bond motifs is 1. The van der Waals surface area contributed by atoms with E-state index in [2.05, 4.69) is 20.9 Å². The highest BCUT2D eigenvalue weighted by Gasteiger charge is 2.31. The van der Waals surface area contributed by atoms with E-state index < -0.39 is 17.7 Å². The molecule has 1 aromatic heterocycles. The van der Waals surface area contributed by atoms with Gasteiger partial charge in [0.05, 0.1) is 36.6 Å². The number of rotatable bonds is 4. The highest BCUT2D eigenvalue weighted by Crippen LogP contribution is 2.36. The molecule has 4 nitrogen and oxygen atoms in total. The van der Waals surface area contributed by atoms with Crippen LogP contribution < -0.4 is 4.74 Å². The van der Waals surface area contributed by atoms with Crippen molar-refractivity contribution < 1.29 is 27.4 Å². The first-order valence-corrected chi connectivity index (χ1v) is 9.24. The molecular formula is C20H15BrF3NO3. The number of alkyl halides is 4. The van der Waals surface area contributed by atoms with Gasteiger partial charge in [-0.05, 0) is 30.3 Å². The number of benzene rings is 2. The third-order valence-corrected chi connectivity index (χ3v) is 4.84. The van der Waals surface area contributed by atoms with Crippen molar-refractivity contribution in [3.63, 3.8) is 0 Å². The number of halogens is 4. The lowest BCUT2D eigenvalue weighted by Crippen LogP contribution is -2.10. The molecular weight excluding hydrogens is 439 g/mol. The molecule has 1 heterocycles. The van der Waals surface area contributed by atoms with Crippen molar-refractivity contribution in [3.8, 4) is 17.0 Å². The van der Waals surface area contributed by atoms with E-state index in [4.69, 9.17) is 9.47 Å². The predicted molar refractivity (Wildman–Crippen MR) is 103 cm³/mol. The fraction of sp³-hybridized carbons (Fsp3) is 0.200. The fourth-order valence-electron chi connectivity index (χ4n) is 2.96. The Bertz CT molecular complexity index is 1050. The first-order valence-electron chi connectivity index (χ1n) is 8.12. The number of carbonyl (C=O) groups excluding carboxylic acids is 1. The highest BCUT2D eigenvalue weighted by atomic mass is 79.9. The van der Waals surface area contributed by atoms with Crippen LogP contribution >= 0.6 is 15.9 Å².